The van der Waals surface area contributed by atoms with Crippen molar-refractivity contribution in [3.63, 3.8) is 0 Å². The molecule has 148 valence electrons. The van der Waals surface area contributed by atoms with Gasteiger partial charge in [0.05, 0.1) is 0 Å². The van der Waals surface area contributed by atoms with Gasteiger partial charge in [0.25, 0.3) is 0 Å². The molecule has 1 unspecified atom stereocenters. The highest BCUT2D eigenvalue weighted by atomic mass is 16.5. The molecule has 0 radical (unpaired) electrons. The van der Waals surface area contributed by atoms with Gasteiger partial charge < -0.3 is 19.2 Å². The van der Waals surface area contributed by atoms with Gasteiger partial charge in [-0.15, -0.1) is 0 Å². The van der Waals surface area contributed by atoms with E-state index < -0.39 is 6.10 Å². The molecule has 2 heterocycles. The number of hydrogen-bond acceptors (Lipinski definition) is 5. The van der Waals surface area contributed by atoms with Crippen LogP contribution in [-0.4, -0.2) is 47.3 Å². The van der Waals surface area contributed by atoms with Gasteiger partial charge in [0, 0.05) is 12.5 Å². The molecule has 1 saturated heterocycles. The number of fused-ring (bicyclic) bond motifs is 1. The second kappa shape index (κ2) is 8.33. The lowest BCUT2D eigenvalue weighted by atomic mass is 9.96. The molecule has 3 aromatic rings. The van der Waals surface area contributed by atoms with Gasteiger partial charge in [-0.3, -0.25) is 0 Å². The van der Waals surface area contributed by atoms with Crippen LogP contribution in [0.4, 0.5) is 0 Å². The Morgan fingerprint density at radius 3 is 2.75 bits per heavy atom. The van der Waals surface area contributed by atoms with Crippen molar-refractivity contribution in [2.75, 3.05) is 26.2 Å². The van der Waals surface area contributed by atoms with Crippen LogP contribution in [0.25, 0.3) is 11.1 Å². The highest BCUT2D eigenvalue weighted by Crippen LogP contribution is 2.30. The highest BCUT2D eigenvalue weighted by molar-refractivity contribution is 5.72. The molecule has 1 N–H and O–H groups in total. The Morgan fingerprint density at radius 2 is 1.96 bits per heavy atom. The quantitative estimate of drug-likeness (QED) is 0.699. The SMILES string of the molecule is Cc1ccc(C)c(OCC(O)CN2CCC(c3nc4ccccc4o3)CC2)c1. The van der Waals surface area contributed by atoms with E-state index in [1.807, 2.05) is 50.2 Å². The van der Waals surface area contributed by atoms with E-state index in [4.69, 9.17) is 9.15 Å². The fourth-order valence-electron chi connectivity index (χ4n) is 3.83. The maximum Gasteiger partial charge on any atom is 0.198 e. The van der Waals surface area contributed by atoms with Crippen LogP contribution in [0.5, 0.6) is 5.75 Å². The normalized spacial score (nSPS) is 17.1. The first-order valence-electron chi connectivity index (χ1n) is 10.0. The summed E-state index contributed by atoms with van der Waals surface area (Å²) in [5.74, 6) is 2.06. The van der Waals surface area contributed by atoms with Crippen molar-refractivity contribution in [2.24, 2.45) is 0 Å². The molecule has 28 heavy (non-hydrogen) atoms. The fraction of sp³-hybridized carbons (Fsp3) is 0.435. The van der Waals surface area contributed by atoms with Gasteiger partial charge in [-0.25, -0.2) is 4.98 Å². The molecular weight excluding hydrogens is 352 g/mol. The maximum atomic E-state index is 10.4. The molecule has 1 fully saturated rings. The largest absolute Gasteiger partial charge is 0.491 e. The number of aryl methyl sites for hydroxylation is 2. The number of nitrogens with zero attached hydrogens (tertiary/aromatic N) is 2. The summed E-state index contributed by atoms with van der Waals surface area (Å²) in [7, 11) is 0. The van der Waals surface area contributed by atoms with Gasteiger partial charge in [0.15, 0.2) is 11.5 Å². The molecule has 5 nitrogen and oxygen atoms in total. The minimum atomic E-state index is -0.499. The molecule has 0 spiro atoms. The predicted molar refractivity (Wildman–Crippen MR) is 110 cm³/mol. The van der Waals surface area contributed by atoms with Crippen LogP contribution in [0, 0.1) is 13.8 Å². The van der Waals surface area contributed by atoms with Gasteiger partial charge >= 0.3 is 0 Å². The predicted octanol–water partition coefficient (Wildman–Crippen LogP) is 4.06. The number of aliphatic hydroxyl groups is 1. The van der Waals surface area contributed by atoms with Crippen LogP contribution in [0.1, 0.15) is 35.8 Å². The summed E-state index contributed by atoms with van der Waals surface area (Å²) in [5.41, 5.74) is 4.05. The number of aliphatic hydroxyl groups excluding tert-OH is 1. The average Bonchev–Trinajstić information content (AvgIpc) is 3.13. The van der Waals surface area contributed by atoms with Crippen LogP contribution >= 0.6 is 0 Å². The minimum Gasteiger partial charge on any atom is -0.491 e. The molecule has 0 aliphatic carbocycles. The summed E-state index contributed by atoms with van der Waals surface area (Å²) in [6, 6.07) is 14.1. The van der Waals surface area contributed by atoms with Gasteiger partial charge in [-0.05, 0) is 69.1 Å². The Balaban J connectivity index is 1.26. The lowest BCUT2D eigenvalue weighted by Crippen LogP contribution is -2.40. The van der Waals surface area contributed by atoms with E-state index in [0.29, 0.717) is 19.1 Å². The maximum absolute atomic E-state index is 10.4. The third-order valence-corrected chi connectivity index (χ3v) is 5.49. The van der Waals surface area contributed by atoms with Crippen LogP contribution in [-0.2, 0) is 0 Å². The number of ether oxygens (including phenoxy) is 1. The van der Waals surface area contributed by atoms with E-state index in [1.165, 1.54) is 0 Å². The Morgan fingerprint density at radius 1 is 1.18 bits per heavy atom. The third-order valence-electron chi connectivity index (χ3n) is 5.49. The van der Waals surface area contributed by atoms with Crippen molar-refractivity contribution in [3.05, 3.63) is 59.5 Å². The average molecular weight is 380 g/mol. The monoisotopic (exact) mass is 380 g/mol. The first-order chi connectivity index (χ1) is 13.6. The second-order valence-corrected chi connectivity index (χ2v) is 7.83. The molecule has 2 aromatic carbocycles. The van der Waals surface area contributed by atoms with Crippen molar-refractivity contribution in [1.29, 1.82) is 0 Å². The number of β-amino-alcohol motifs (C(OH)–C–C–N with tert-alkyl or cyclic N) is 1. The summed E-state index contributed by atoms with van der Waals surface area (Å²) in [6.45, 7) is 6.89. The Kier molecular flexibility index (Phi) is 5.64. The minimum absolute atomic E-state index is 0.315. The van der Waals surface area contributed by atoms with E-state index in [2.05, 4.69) is 16.0 Å². The number of likely N-dealkylation sites (tertiary alicyclic amines) is 1. The number of benzene rings is 2. The van der Waals surface area contributed by atoms with E-state index in [1.54, 1.807) is 0 Å². The molecule has 0 saturated carbocycles. The molecule has 0 amide bonds. The van der Waals surface area contributed by atoms with E-state index in [0.717, 1.165) is 59.8 Å². The summed E-state index contributed by atoms with van der Waals surface area (Å²) in [6.07, 6.45) is 1.50. The van der Waals surface area contributed by atoms with E-state index in [-0.39, 0.29) is 0 Å². The van der Waals surface area contributed by atoms with Crippen LogP contribution in [0.2, 0.25) is 0 Å². The zero-order valence-electron chi connectivity index (χ0n) is 16.6. The smallest absolute Gasteiger partial charge is 0.198 e. The molecule has 5 heteroatoms. The van der Waals surface area contributed by atoms with Gasteiger partial charge in [-0.2, -0.15) is 0 Å². The third kappa shape index (κ3) is 4.37. The number of hydrogen-bond donors (Lipinski definition) is 1. The van der Waals surface area contributed by atoms with E-state index >= 15 is 0 Å². The standard InChI is InChI=1S/C23H28N2O3/c1-16-7-8-17(2)22(13-16)27-15-19(26)14-25-11-9-18(10-12-25)23-24-20-5-3-4-6-21(20)28-23/h3-8,13,18-19,26H,9-12,14-15H2,1-2H3. The van der Waals surface area contributed by atoms with Gasteiger partial charge in [-0.1, -0.05) is 24.3 Å². The Labute approximate surface area is 165 Å². The molecule has 1 aliphatic rings. The number of para-hydroxylation sites is 2. The van der Waals surface area contributed by atoms with Gasteiger partial charge in [0.1, 0.15) is 24.0 Å². The highest BCUT2D eigenvalue weighted by Gasteiger charge is 2.25. The zero-order chi connectivity index (χ0) is 19.5. The summed E-state index contributed by atoms with van der Waals surface area (Å²) in [5, 5.41) is 10.4. The number of aromatic nitrogens is 1. The summed E-state index contributed by atoms with van der Waals surface area (Å²) in [4.78, 5) is 6.95. The molecule has 0 bridgehead atoms. The van der Waals surface area contributed by atoms with Crippen molar-refractivity contribution in [3.8, 4) is 5.75 Å². The lowest BCUT2D eigenvalue weighted by molar-refractivity contribution is 0.0581. The van der Waals surface area contributed by atoms with Crippen LogP contribution in [0.3, 0.4) is 0 Å². The van der Waals surface area contributed by atoms with Crippen molar-refractivity contribution in [2.45, 2.75) is 38.7 Å². The molecule has 4 rings (SSSR count). The molecular formula is C23H28N2O3. The van der Waals surface area contributed by atoms with Crippen molar-refractivity contribution in [1.82, 2.24) is 9.88 Å². The van der Waals surface area contributed by atoms with Gasteiger partial charge in [0.2, 0.25) is 0 Å². The van der Waals surface area contributed by atoms with Crippen molar-refractivity contribution < 1.29 is 14.3 Å². The molecule has 1 atom stereocenters. The molecule has 1 aromatic heterocycles. The fourth-order valence-corrected chi connectivity index (χ4v) is 3.83. The lowest BCUT2D eigenvalue weighted by Gasteiger charge is -2.31. The molecule has 1 aliphatic heterocycles. The van der Waals surface area contributed by atoms with Crippen LogP contribution < -0.4 is 4.74 Å². The summed E-state index contributed by atoms with van der Waals surface area (Å²) >= 11 is 0. The second-order valence-electron chi connectivity index (χ2n) is 7.83. The van der Waals surface area contributed by atoms with Crippen molar-refractivity contribution >= 4 is 11.1 Å². The number of oxazole rings is 1. The number of rotatable bonds is 6. The van der Waals surface area contributed by atoms with E-state index in [9.17, 15) is 5.11 Å². The van der Waals surface area contributed by atoms with Crippen LogP contribution in [0.15, 0.2) is 46.9 Å². The number of piperidine rings is 1. The first-order valence-corrected chi connectivity index (χ1v) is 10.0. The first kappa shape index (κ1) is 19.0. The topological polar surface area (TPSA) is 58.7 Å². The zero-order valence-corrected chi connectivity index (χ0v) is 16.6. The Hall–Kier alpha value is -2.37. The Bertz CT molecular complexity index is 895. The summed E-state index contributed by atoms with van der Waals surface area (Å²) < 4.78 is 11.8.